The summed E-state index contributed by atoms with van der Waals surface area (Å²) >= 11 is 0. The van der Waals surface area contributed by atoms with Crippen LogP contribution in [0.5, 0.6) is 0 Å². The van der Waals surface area contributed by atoms with Gasteiger partial charge in [-0.25, -0.2) is 0 Å². The van der Waals surface area contributed by atoms with Crippen molar-refractivity contribution in [3.63, 3.8) is 0 Å². The van der Waals surface area contributed by atoms with Crippen molar-refractivity contribution in [2.45, 2.75) is 142 Å². The first-order chi connectivity index (χ1) is 21.7. The number of nitrogens with one attached hydrogen (secondary N) is 5. The van der Waals surface area contributed by atoms with Crippen LogP contribution in [0.4, 0.5) is 0 Å². The van der Waals surface area contributed by atoms with Crippen molar-refractivity contribution in [2.75, 3.05) is 13.1 Å². The molecule has 45 heavy (non-hydrogen) atoms. The molecule has 1 aromatic carbocycles. The minimum Gasteiger partial charge on any atom is -0.356 e. The van der Waals surface area contributed by atoms with Gasteiger partial charge in [0.15, 0.2) is 0 Å². The summed E-state index contributed by atoms with van der Waals surface area (Å²) in [6.07, 6.45) is 14.4. The smallest absolute Gasteiger partial charge is 0.234 e. The summed E-state index contributed by atoms with van der Waals surface area (Å²) in [5.41, 5.74) is 2.11. The second-order valence-electron chi connectivity index (χ2n) is 14.3. The number of amides is 3. The summed E-state index contributed by atoms with van der Waals surface area (Å²) in [4.78, 5) is 36.3. The van der Waals surface area contributed by atoms with Crippen molar-refractivity contribution in [2.24, 2.45) is 23.7 Å². The van der Waals surface area contributed by atoms with Crippen LogP contribution in [-0.4, -0.2) is 49.1 Å². The maximum atomic E-state index is 12.8. The normalized spacial score (nSPS) is 25.4. The second-order valence-corrected chi connectivity index (χ2v) is 14.3. The van der Waals surface area contributed by atoms with E-state index in [1.165, 1.54) is 38.5 Å². The van der Waals surface area contributed by atoms with Gasteiger partial charge < -0.3 is 10.6 Å². The first-order valence-corrected chi connectivity index (χ1v) is 18.2. The maximum absolute atomic E-state index is 12.8. The lowest BCUT2D eigenvalue weighted by Crippen LogP contribution is -2.52. The van der Waals surface area contributed by atoms with Gasteiger partial charge in [-0.1, -0.05) is 70.2 Å². The molecule has 3 fully saturated rings. The number of hydrogen-bond donors (Lipinski definition) is 5. The van der Waals surface area contributed by atoms with Gasteiger partial charge in [0.2, 0.25) is 17.7 Å². The van der Waals surface area contributed by atoms with E-state index in [-0.39, 0.29) is 35.7 Å². The molecule has 5 N–H and O–H groups in total. The number of benzene rings is 1. The molecule has 0 spiro atoms. The van der Waals surface area contributed by atoms with Gasteiger partial charge in [0, 0.05) is 37.5 Å². The van der Waals surface area contributed by atoms with Gasteiger partial charge in [0.1, 0.15) is 0 Å². The Morgan fingerprint density at radius 1 is 0.933 bits per heavy atom. The number of imide groups is 1. The first kappa shape index (κ1) is 35.6. The van der Waals surface area contributed by atoms with E-state index in [0.29, 0.717) is 31.5 Å². The lowest BCUT2D eigenvalue weighted by Gasteiger charge is -2.37. The van der Waals surface area contributed by atoms with Gasteiger partial charge in [0.05, 0.1) is 12.1 Å². The molecular weight excluding hydrogens is 562 g/mol. The van der Waals surface area contributed by atoms with Crippen molar-refractivity contribution in [1.82, 2.24) is 26.6 Å². The number of carbonyl (C=O) groups is 3. The van der Waals surface area contributed by atoms with E-state index in [9.17, 15) is 14.4 Å². The predicted octanol–water partition coefficient (Wildman–Crippen LogP) is 5.52. The summed E-state index contributed by atoms with van der Waals surface area (Å²) < 4.78 is 0. The fourth-order valence-electron chi connectivity index (χ4n) is 8.26. The van der Waals surface area contributed by atoms with Crippen LogP contribution < -0.4 is 26.6 Å². The Hall–Kier alpha value is -2.29. The lowest BCUT2D eigenvalue weighted by atomic mass is 9.76. The Morgan fingerprint density at radius 3 is 2.31 bits per heavy atom. The Labute approximate surface area is 272 Å². The predicted molar refractivity (Wildman–Crippen MR) is 181 cm³/mol. The zero-order valence-electron chi connectivity index (χ0n) is 28.5. The standard InChI is InChI=1S/C37H61N5O3/c1-5-9-33(25(2)29-10-6-7-11-29)26(3)40-27(4)41-32-18-16-31(17-19-32)36(44)39-23-8-22-38-24-28-12-14-30(15-13-28)34-20-21-35(43)42-37(34)45/h12-15,25-27,29,31-34,38,40-41H,5-11,16-24H2,1-4H3,(H,39,44)(H,42,43,45). The van der Waals surface area contributed by atoms with Gasteiger partial charge in [0.25, 0.3) is 0 Å². The van der Waals surface area contributed by atoms with E-state index in [4.69, 9.17) is 0 Å². The molecule has 8 heteroatoms. The molecule has 1 saturated heterocycles. The van der Waals surface area contributed by atoms with Crippen LogP contribution in [0, 0.1) is 23.7 Å². The number of rotatable bonds is 17. The molecule has 1 aliphatic heterocycles. The van der Waals surface area contributed by atoms with Crippen LogP contribution in [-0.2, 0) is 20.9 Å². The monoisotopic (exact) mass is 623 g/mol. The van der Waals surface area contributed by atoms with Gasteiger partial charge in [-0.2, -0.15) is 0 Å². The Morgan fingerprint density at radius 2 is 1.64 bits per heavy atom. The molecule has 4 rings (SSSR count). The zero-order chi connectivity index (χ0) is 32.2. The topological polar surface area (TPSA) is 111 Å². The third-order valence-corrected chi connectivity index (χ3v) is 11.0. The molecule has 5 atom stereocenters. The highest BCUT2D eigenvalue weighted by atomic mass is 16.2. The second kappa shape index (κ2) is 18.2. The van der Waals surface area contributed by atoms with Crippen LogP contribution in [0.1, 0.15) is 128 Å². The van der Waals surface area contributed by atoms with Crippen LogP contribution >= 0.6 is 0 Å². The van der Waals surface area contributed by atoms with Gasteiger partial charge >= 0.3 is 0 Å². The average molecular weight is 624 g/mol. The summed E-state index contributed by atoms with van der Waals surface area (Å²) in [6.45, 7) is 11.7. The van der Waals surface area contributed by atoms with Crippen molar-refractivity contribution >= 4 is 17.7 Å². The Kier molecular flexibility index (Phi) is 14.3. The molecule has 1 heterocycles. The van der Waals surface area contributed by atoms with Gasteiger partial charge in [-0.05, 0) is 94.2 Å². The maximum Gasteiger partial charge on any atom is 0.234 e. The molecule has 0 radical (unpaired) electrons. The highest BCUT2D eigenvalue weighted by molar-refractivity contribution is 6.00. The Bertz CT molecular complexity index is 1060. The minimum atomic E-state index is -0.243. The molecule has 5 unspecified atom stereocenters. The van der Waals surface area contributed by atoms with E-state index in [0.717, 1.165) is 74.1 Å². The molecule has 8 nitrogen and oxygen atoms in total. The number of piperidine rings is 1. The minimum absolute atomic E-state index is 0.127. The molecule has 0 bridgehead atoms. The molecule has 3 amide bonds. The number of hydrogen-bond acceptors (Lipinski definition) is 6. The largest absolute Gasteiger partial charge is 0.356 e. The fourth-order valence-corrected chi connectivity index (χ4v) is 8.26. The fraction of sp³-hybridized carbons (Fsp3) is 0.757. The van der Waals surface area contributed by atoms with Crippen molar-refractivity contribution in [1.29, 1.82) is 0 Å². The highest BCUT2D eigenvalue weighted by Gasteiger charge is 2.32. The number of carbonyl (C=O) groups excluding carboxylic acids is 3. The van der Waals surface area contributed by atoms with Gasteiger partial charge in [-0.15, -0.1) is 0 Å². The van der Waals surface area contributed by atoms with Crippen molar-refractivity contribution in [3.8, 4) is 0 Å². The molecular formula is C37H61N5O3. The van der Waals surface area contributed by atoms with E-state index in [2.05, 4.69) is 54.3 Å². The van der Waals surface area contributed by atoms with Crippen LogP contribution in [0.2, 0.25) is 0 Å². The average Bonchev–Trinajstić information content (AvgIpc) is 3.57. The summed E-state index contributed by atoms with van der Waals surface area (Å²) in [5, 5.41) is 16.8. The molecule has 3 aliphatic rings. The summed E-state index contributed by atoms with van der Waals surface area (Å²) in [5.74, 6) is 2.14. The SMILES string of the molecule is CCCC(C(C)NC(C)NC1CCC(C(=O)NCCCNCc2ccc(C3CCC(=O)NC3=O)cc2)CC1)C(C)C1CCCC1. The molecule has 2 aliphatic carbocycles. The summed E-state index contributed by atoms with van der Waals surface area (Å²) in [7, 11) is 0. The summed E-state index contributed by atoms with van der Waals surface area (Å²) in [6, 6.07) is 9.03. The lowest BCUT2D eigenvalue weighted by molar-refractivity contribution is -0.134. The molecule has 1 aromatic rings. The quantitative estimate of drug-likeness (QED) is 0.0888. The van der Waals surface area contributed by atoms with E-state index in [1.54, 1.807) is 0 Å². The zero-order valence-corrected chi connectivity index (χ0v) is 28.5. The highest BCUT2D eigenvalue weighted by Crippen LogP contribution is 2.38. The van der Waals surface area contributed by atoms with Gasteiger partial charge in [-0.3, -0.25) is 30.3 Å². The van der Waals surface area contributed by atoms with Crippen LogP contribution in [0.3, 0.4) is 0 Å². The van der Waals surface area contributed by atoms with E-state index in [1.807, 2.05) is 24.3 Å². The third-order valence-electron chi connectivity index (χ3n) is 11.0. The molecule has 252 valence electrons. The van der Waals surface area contributed by atoms with E-state index >= 15 is 0 Å². The van der Waals surface area contributed by atoms with Crippen LogP contribution in [0.15, 0.2) is 24.3 Å². The molecule has 0 aromatic heterocycles. The first-order valence-electron chi connectivity index (χ1n) is 18.2. The van der Waals surface area contributed by atoms with Crippen molar-refractivity contribution in [3.05, 3.63) is 35.4 Å². The Balaban J connectivity index is 1.06. The molecule has 2 saturated carbocycles. The van der Waals surface area contributed by atoms with E-state index < -0.39 is 0 Å². The third kappa shape index (κ3) is 10.9. The van der Waals surface area contributed by atoms with Crippen molar-refractivity contribution < 1.29 is 14.4 Å². The van der Waals surface area contributed by atoms with Crippen LogP contribution in [0.25, 0.3) is 0 Å².